The first-order chi connectivity index (χ1) is 16.9. The molecule has 6 nitrogen and oxygen atoms in total. The number of amides is 1. The zero-order chi connectivity index (χ0) is 24.3. The number of aliphatic hydroxyl groups is 1. The third-order valence-electron chi connectivity index (χ3n) is 6.27. The number of halogens is 1. The number of aromatic nitrogens is 1. The molecule has 2 atom stereocenters. The summed E-state index contributed by atoms with van der Waals surface area (Å²) in [5, 5.41) is 11.6. The number of nitrogens with zero attached hydrogens (tertiary/aromatic N) is 2. The minimum atomic E-state index is -0.884. The van der Waals surface area contributed by atoms with Crippen LogP contribution in [0, 0.1) is 5.82 Å². The van der Waals surface area contributed by atoms with Gasteiger partial charge in [-0.3, -0.25) is 14.5 Å². The Bertz CT molecular complexity index is 1550. The normalized spacial score (nSPS) is 20.9. The van der Waals surface area contributed by atoms with Crippen molar-refractivity contribution in [1.82, 2.24) is 4.98 Å². The lowest BCUT2D eigenvalue weighted by Gasteiger charge is -2.23. The van der Waals surface area contributed by atoms with Crippen LogP contribution in [0.1, 0.15) is 29.7 Å². The molecule has 0 saturated carbocycles. The van der Waals surface area contributed by atoms with Gasteiger partial charge in [-0.25, -0.2) is 9.37 Å². The molecule has 1 amide bonds. The highest BCUT2D eigenvalue weighted by molar-refractivity contribution is 7.22. The number of aliphatic hydroxyl groups excluding tert-OH is 1. The molecule has 3 heterocycles. The van der Waals surface area contributed by atoms with Crippen LogP contribution in [-0.4, -0.2) is 27.9 Å². The number of ether oxygens (including phenoxy) is 1. The first kappa shape index (κ1) is 21.5. The van der Waals surface area contributed by atoms with Gasteiger partial charge in [0.15, 0.2) is 5.13 Å². The molecule has 0 aliphatic carbocycles. The van der Waals surface area contributed by atoms with Gasteiger partial charge >= 0.3 is 5.91 Å². The summed E-state index contributed by atoms with van der Waals surface area (Å²) in [6.45, 7) is 1.96. The summed E-state index contributed by atoms with van der Waals surface area (Å²) in [4.78, 5) is 32.4. The predicted octanol–water partition coefficient (Wildman–Crippen LogP) is 5.39. The van der Waals surface area contributed by atoms with E-state index in [2.05, 4.69) is 4.98 Å². The van der Waals surface area contributed by atoms with Gasteiger partial charge < -0.3 is 9.84 Å². The number of hydrogen-bond donors (Lipinski definition) is 1. The molecule has 2 aliphatic heterocycles. The Balaban J connectivity index is 1.53. The molecule has 1 aromatic heterocycles. The SMILES string of the molecule is C[C@@H]1Cc2cc(C(O)=C3C(=O)C(=O)N(c4nc5ccc(F)cc5s4)[C@@H]3c3ccccc3)ccc2O1. The second-order valence-corrected chi connectivity index (χ2v) is 9.65. The second kappa shape index (κ2) is 8.02. The number of Topliss-reactive ketones (excluding diaryl/α,β-unsaturated/α-hetero) is 1. The van der Waals surface area contributed by atoms with E-state index in [0.717, 1.165) is 22.6 Å². The Hall–Kier alpha value is -4.04. The lowest BCUT2D eigenvalue weighted by Crippen LogP contribution is -2.29. The smallest absolute Gasteiger partial charge is 0.301 e. The molecule has 2 aliphatic rings. The average molecular weight is 487 g/mol. The molecule has 0 bridgehead atoms. The molecule has 0 radical (unpaired) electrons. The van der Waals surface area contributed by atoms with Crippen LogP contribution in [0.4, 0.5) is 9.52 Å². The predicted molar refractivity (Wildman–Crippen MR) is 131 cm³/mol. The van der Waals surface area contributed by atoms with Crippen molar-refractivity contribution in [2.45, 2.75) is 25.5 Å². The molecule has 174 valence electrons. The van der Waals surface area contributed by atoms with Crippen LogP contribution >= 0.6 is 11.3 Å². The number of anilines is 1. The maximum absolute atomic E-state index is 13.8. The molecule has 6 rings (SSSR count). The van der Waals surface area contributed by atoms with Crippen LogP contribution in [0.3, 0.4) is 0 Å². The third-order valence-corrected chi connectivity index (χ3v) is 7.29. The maximum Gasteiger partial charge on any atom is 0.301 e. The van der Waals surface area contributed by atoms with Crippen molar-refractivity contribution in [1.29, 1.82) is 0 Å². The van der Waals surface area contributed by atoms with E-state index in [9.17, 15) is 19.1 Å². The largest absolute Gasteiger partial charge is 0.507 e. The molecule has 1 fully saturated rings. The number of ketones is 1. The van der Waals surface area contributed by atoms with E-state index < -0.39 is 23.5 Å². The highest BCUT2D eigenvalue weighted by atomic mass is 32.1. The molecule has 0 spiro atoms. The Morgan fingerprint density at radius 2 is 1.91 bits per heavy atom. The van der Waals surface area contributed by atoms with E-state index in [1.807, 2.05) is 13.0 Å². The topological polar surface area (TPSA) is 79.7 Å². The van der Waals surface area contributed by atoms with E-state index in [0.29, 0.717) is 27.8 Å². The van der Waals surface area contributed by atoms with Crippen LogP contribution in [0.15, 0.2) is 72.3 Å². The van der Waals surface area contributed by atoms with Gasteiger partial charge in [-0.05, 0) is 54.4 Å². The second-order valence-electron chi connectivity index (χ2n) is 8.64. The Labute approximate surface area is 203 Å². The zero-order valence-electron chi connectivity index (χ0n) is 18.6. The maximum atomic E-state index is 13.8. The number of carbonyl (C=O) groups excluding carboxylic acids is 2. The van der Waals surface area contributed by atoms with Gasteiger partial charge in [-0.1, -0.05) is 41.7 Å². The summed E-state index contributed by atoms with van der Waals surface area (Å²) in [6, 6.07) is 17.6. The fraction of sp³-hybridized carbons (Fsp3) is 0.148. The average Bonchev–Trinajstić information content (AvgIpc) is 3.51. The Morgan fingerprint density at radius 3 is 2.71 bits per heavy atom. The number of carbonyl (C=O) groups is 2. The minimum absolute atomic E-state index is 0.0152. The van der Waals surface area contributed by atoms with Crippen molar-refractivity contribution in [3.63, 3.8) is 0 Å². The van der Waals surface area contributed by atoms with E-state index in [4.69, 9.17) is 4.74 Å². The standard InChI is InChI=1S/C27H19FN2O4S/c1-14-11-17-12-16(7-10-20(17)34-14)24(31)22-23(15-5-3-2-4-6-15)30(26(33)25(22)32)27-29-19-9-8-18(28)13-21(19)35-27/h2-10,12-14,23,31H,11H2,1H3/t14-,23-/m1/s1. The first-order valence-corrected chi connectivity index (χ1v) is 11.9. The van der Waals surface area contributed by atoms with Crippen LogP contribution < -0.4 is 9.64 Å². The third kappa shape index (κ3) is 3.49. The molecule has 1 N–H and O–H groups in total. The van der Waals surface area contributed by atoms with E-state index >= 15 is 0 Å². The molecule has 4 aromatic rings. The van der Waals surface area contributed by atoms with Crippen molar-refractivity contribution < 1.29 is 23.8 Å². The molecule has 3 aromatic carbocycles. The van der Waals surface area contributed by atoms with Gasteiger partial charge in [-0.2, -0.15) is 0 Å². The fourth-order valence-electron chi connectivity index (χ4n) is 4.69. The van der Waals surface area contributed by atoms with E-state index in [1.54, 1.807) is 42.5 Å². The number of hydrogen-bond acceptors (Lipinski definition) is 6. The fourth-order valence-corrected chi connectivity index (χ4v) is 5.71. The van der Waals surface area contributed by atoms with Crippen LogP contribution in [0.5, 0.6) is 5.75 Å². The molecule has 35 heavy (non-hydrogen) atoms. The highest BCUT2D eigenvalue weighted by Crippen LogP contribution is 2.44. The van der Waals surface area contributed by atoms with Crippen LogP contribution in [-0.2, 0) is 16.0 Å². The Morgan fingerprint density at radius 1 is 1.11 bits per heavy atom. The summed E-state index contributed by atoms with van der Waals surface area (Å²) >= 11 is 1.12. The lowest BCUT2D eigenvalue weighted by molar-refractivity contribution is -0.132. The monoisotopic (exact) mass is 486 g/mol. The number of benzene rings is 3. The van der Waals surface area contributed by atoms with Gasteiger partial charge in [0, 0.05) is 12.0 Å². The Kier molecular flexibility index (Phi) is 4.93. The molecule has 8 heteroatoms. The highest BCUT2D eigenvalue weighted by Gasteiger charge is 2.48. The lowest BCUT2D eigenvalue weighted by atomic mass is 9.94. The number of fused-ring (bicyclic) bond motifs is 2. The van der Waals surface area contributed by atoms with Gasteiger partial charge in [0.05, 0.1) is 21.8 Å². The van der Waals surface area contributed by atoms with Crippen molar-refractivity contribution in [3.8, 4) is 5.75 Å². The van der Waals surface area contributed by atoms with Crippen molar-refractivity contribution in [2.75, 3.05) is 4.90 Å². The summed E-state index contributed by atoms with van der Waals surface area (Å²) < 4.78 is 20.1. The van der Waals surface area contributed by atoms with Crippen LogP contribution in [0.2, 0.25) is 0 Å². The van der Waals surface area contributed by atoms with E-state index in [-0.39, 0.29) is 22.6 Å². The summed E-state index contributed by atoms with van der Waals surface area (Å²) in [7, 11) is 0. The van der Waals surface area contributed by atoms with Gasteiger partial charge in [0.1, 0.15) is 23.4 Å². The molecule has 1 saturated heterocycles. The van der Waals surface area contributed by atoms with Crippen molar-refractivity contribution >= 4 is 44.1 Å². The zero-order valence-corrected chi connectivity index (χ0v) is 19.4. The van der Waals surface area contributed by atoms with Gasteiger partial charge in [0.2, 0.25) is 0 Å². The van der Waals surface area contributed by atoms with Crippen LogP contribution in [0.25, 0.3) is 16.0 Å². The summed E-state index contributed by atoms with van der Waals surface area (Å²) in [6.07, 6.45) is 0.719. The molecular formula is C27H19FN2O4S. The number of rotatable bonds is 3. The summed E-state index contributed by atoms with van der Waals surface area (Å²) in [5.74, 6) is -1.51. The van der Waals surface area contributed by atoms with Gasteiger partial charge in [-0.15, -0.1) is 0 Å². The molecule has 0 unspecified atom stereocenters. The van der Waals surface area contributed by atoms with E-state index in [1.165, 1.54) is 23.1 Å². The quantitative estimate of drug-likeness (QED) is 0.239. The molecular weight excluding hydrogens is 467 g/mol. The first-order valence-electron chi connectivity index (χ1n) is 11.1. The number of thiazole rings is 1. The summed E-state index contributed by atoms with van der Waals surface area (Å²) in [5.41, 5.74) is 2.52. The van der Waals surface area contributed by atoms with Crippen molar-refractivity contribution in [3.05, 3.63) is 94.8 Å². The minimum Gasteiger partial charge on any atom is -0.507 e. The van der Waals surface area contributed by atoms with Gasteiger partial charge in [0.25, 0.3) is 5.78 Å². The van der Waals surface area contributed by atoms with Crippen molar-refractivity contribution in [2.24, 2.45) is 0 Å².